The van der Waals surface area contributed by atoms with Crippen LogP contribution >= 0.6 is 0 Å². The number of piperidine rings is 1. The van der Waals surface area contributed by atoms with Crippen molar-refractivity contribution in [3.05, 3.63) is 0 Å². The van der Waals surface area contributed by atoms with E-state index in [9.17, 15) is 4.79 Å². The number of ether oxygens (including phenoxy) is 1. The molecule has 0 amide bonds. The molecule has 0 bridgehead atoms. The number of hydroxylamine groups is 2. The molecule has 0 radical (unpaired) electrons. The zero-order chi connectivity index (χ0) is 16.1. The summed E-state index contributed by atoms with van der Waals surface area (Å²) < 4.78 is 6.28. The van der Waals surface area contributed by atoms with Crippen molar-refractivity contribution in [3.8, 4) is 0 Å². The molecule has 0 saturated carbocycles. The van der Waals surface area contributed by atoms with Crippen LogP contribution < -0.4 is 0 Å². The van der Waals surface area contributed by atoms with Gasteiger partial charge in [-0.05, 0) is 48.0 Å². The summed E-state index contributed by atoms with van der Waals surface area (Å²) in [5.41, 5.74) is -1.46. The summed E-state index contributed by atoms with van der Waals surface area (Å²) in [6, 6.07) is 0. The zero-order valence-electron chi connectivity index (χ0n) is 14.7. The van der Waals surface area contributed by atoms with Crippen molar-refractivity contribution in [2.75, 3.05) is 6.61 Å². The quantitative estimate of drug-likeness (QED) is 0.799. The van der Waals surface area contributed by atoms with Gasteiger partial charge in [-0.25, -0.2) is 0 Å². The topological polar surface area (TPSA) is 38.8 Å². The summed E-state index contributed by atoms with van der Waals surface area (Å²) in [5.74, 6) is 0.254. The molecule has 0 atom stereocenters. The van der Waals surface area contributed by atoms with Crippen molar-refractivity contribution in [1.29, 1.82) is 0 Å². The van der Waals surface area contributed by atoms with Crippen LogP contribution in [0.3, 0.4) is 0 Å². The Morgan fingerprint density at radius 1 is 1.10 bits per heavy atom. The molecule has 4 heteroatoms. The van der Waals surface area contributed by atoms with Crippen LogP contribution in [-0.4, -0.2) is 39.7 Å². The molecular weight excluding hydrogens is 266 g/mol. The molecule has 0 aromatic carbocycles. The predicted octanol–water partition coefficient (Wildman–Crippen LogP) is 3.49. The molecule has 0 unspecified atom stereocenters. The van der Waals surface area contributed by atoms with Gasteiger partial charge >= 0.3 is 0 Å². The van der Waals surface area contributed by atoms with E-state index in [0.29, 0.717) is 25.9 Å². The molecule has 2 aliphatic rings. The zero-order valence-corrected chi connectivity index (χ0v) is 14.7. The van der Waals surface area contributed by atoms with E-state index < -0.39 is 5.60 Å². The molecule has 2 aliphatic heterocycles. The second kappa shape index (κ2) is 5.04. The van der Waals surface area contributed by atoms with Gasteiger partial charge in [-0.2, -0.15) is 5.06 Å². The molecule has 21 heavy (non-hydrogen) atoms. The van der Waals surface area contributed by atoms with E-state index in [1.54, 1.807) is 0 Å². The minimum absolute atomic E-state index is 0.229. The van der Waals surface area contributed by atoms with Crippen molar-refractivity contribution in [1.82, 2.24) is 5.06 Å². The van der Waals surface area contributed by atoms with Crippen LogP contribution in [0.2, 0.25) is 0 Å². The largest absolute Gasteiger partial charge is 0.361 e. The van der Waals surface area contributed by atoms with Gasteiger partial charge in [0.15, 0.2) is 5.78 Å². The van der Waals surface area contributed by atoms with E-state index in [2.05, 4.69) is 39.7 Å². The third kappa shape index (κ3) is 3.03. The van der Waals surface area contributed by atoms with Gasteiger partial charge in [0.1, 0.15) is 5.60 Å². The molecular formula is C17H31NO3. The molecule has 2 fully saturated rings. The monoisotopic (exact) mass is 297 g/mol. The lowest BCUT2D eigenvalue weighted by molar-refractivity contribution is -0.307. The van der Waals surface area contributed by atoms with Gasteiger partial charge in [0.2, 0.25) is 0 Å². The first-order chi connectivity index (χ1) is 9.44. The van der Waals surface area contributed by atoms with Crippen LogP contribution in [0.4, 0.5) is 0 Å². The average Bonchev–Trinajstić information content (AvgIpc) is 2.44. The Hall–Kier alpha value is -0.450. The lowest BCUT2D eigenvalue weighted by Crippen LogP contribution is -2.66. The van der Waals surface area contributed by atoms with Crippen molar-refractivity contribution in [3.63, 3.8) is 0 Å². The highest BCUT2D eigenvalue weighted by Crippen LogP contribution is 2.51. The van der Waals surface area contributed by atoms with E-state index >= 15 is 0 Å². The Kier molecular flexibility index (Phi) is 4.06. The number of carbonyl (C=O) groups is 1. The van der Waals surface area contributed by atoms with Crippen molar-refractivity contribution >= 4 is 5.78 Å². The molecule has 2 heterocycles. The maximum atomic E-state index is 12.7. The average molecular weight is 297 g/mol. The number of Topliss-reactive ketones (excluding diaryl/α,β-unsaturated/α-hetero) is 1. The highest BCUT2D eigenvalue weighted by atomic mass is 16.7. The minimum atomic E-state index is -0.650. The fourth-order valence-corrected chi connectivity index (χ4v) is 4.39. The summed E-state index contributed by atoms with van der Waals surface area (Å²) in [4.78, 5) is 18.7. The van der Waals surface area contributed by atoms with E-state index in [-0.39, 0.29) is 22.5 Å². The standard InChI is InChI=1S/C17H31NO3/c1-8-9-20-18-14(2,3)11-17(12-15(18,4)5)13(19)10-16(6,7)21-17/h8-12H2,1-7H3. The molecule has 1 spiro atoms. The van der Waals surface area contributed by atoms with Crippen LogP contribution in [0, 0.1) is 0 Å². The van der Waals surface area contributed by atoms with Gasteiger partial charge in [-0.1, -0.05) is 6.92 Å². The number of ketones is 1. The molecule has 122 valence electrons. The third-order valence-corrected chi connectivity index (χ3v) is 4.53. The third-order valence-electron chi connectivity index (χ3n) is 4.53. The maximum Gasteiger partial charge on any atom is 0.167 e. The molecule has 0 aliphatic carbocycles. The van der Waals surface area contributed by atoms with Gasteiger partial charge in [-0.15, -0.1) is 0 Å². The summed E-state index contributed by atoms with van der Waals surface area (Å²) in [7, 11) is 0. The predicted molar refractivity (Wildman–Crippen MR) is 83.0 cm³/mol. The van der Waals surface area contributed by atoms with Crippen molar-refractivity contribution < 1.29 is 14.4 Å². The van der Waals surface area contributed by atoms with Crippen LogP contribution in [0.5, 0.6) is 0 Å². The van der Waals surface area contributed by atoms with Crippen LogP contribution in [-0.2, 0) is 14.4 Å². The van der Waals surface area contributed by atoms with Crippen molar-refractivity contribution in [2.24, 2.45) is 0 Å². The highest BCUT2D eigenvalue weighted by molar-refractivity contribution is 5.90. The minimum Gasteiger partial charge on any atom is -0.361 e. The van der Waals surface area contributed by atoms with Gasteiger partial charge < -0.3 is 4.74 Å². The number of carbonyl (C=O) groups excluding carboxylic acids is 1. The number of rotatable bonds is 3. The SMILES string of the molecule is CCCON1C(C)(C)CC2(CC1(C)C)OC(C)(C)CC2=O. The number of hydrogen-bond acceptors (Lipinski definition) is 4. The first kappa shape index (κ1) is 16.9. The first-order valence-electron chi connectivity index (χ1n) is 8.11. The highest BCUT2D eigenvalue weighted by Gasteiger charge is 2.61. The Bertz CT molecular complexity index is 408. The van der Waals surface area contributed by atoms with Crippen LogP contribution in [0.1, 0.15) is 74.1 Å². The van der Waals surface area contributed by atoms with E-state index in [4.69, 9.17) is 9.57 Å². The first-order valence-corrected chi connectivity index (χ1v) is 8.11. The number of nitrogens with zero attached hydrogens (tertiary/aromatic N) is 1. The fourth-order valence-electron chi connectivity index (χ4n) is 4.39. The maximum absolute atomic E-state index is 12.7. The van der Waals surface area contributed by atoms with Gasteiger partial charge in [0.25, 0.3) is 0 Å². The van der Waals surface area contributed by atoms with E-state index in [1.165, 1.54) is 0 Å². The van der Waals surface area contributed by atoms with Crippen LogP contribution in [0.25, 0.3) is 0 Å². The second-order valence-electron chi connectivity index (χ2n) is 8.56. The molecule has 2 rings (SSSR count). The summed E-state index contributed by atoms with van der Waals surface area (Å²) in [5, 5.41) is 2.09. The van der Waals surface area contributed by atoms with Gasteiger partial charge in [0, 0.05) is 30.3 Å². The van der Waals surface area contributed by atoms with E-state index in [1.807, 2.05) is 13.8 Å². The second-order valence-corrected chi connectivity index (χ2v) is 8.56. The molecule has 0 aromatic rings. The molecule has 2 saturated heterocycles. The Balaban J connectivity index is 2.31. The summed E-state index contributed by atoms with van der Waals surface area (Å²) in [6.45, 7) is 15.4. The van der Waals surface area contributed by atoms with Gasteiger partial charge in [0.05, 0.1) is 12.2 Å². The normalized spacial score (nSPS) is 30.0. The Morgan fingerprint density at radius 2 is 1.62 bits per heavy atom. The van der Waals surface area contributed by atoms with Crippen molar-refractivity contribution in [2.45, 2.75) is 96.4 Å². The summed E-state index contributed by atoms with van der Waals surface area (Å²) in [6.07, 6.45) is 2.87. The smallest absolute Gasteiger partial charge is 0.167 e. The Labute approximate surface area is 129 Å². The summed E-state index contributed by atoms with van der Waals surface area (Å²) >= 11 is 0. The lowest BCUT2D eigenvalue weighted by Gasteiger charge is -2.56. The molecule has 0 N–H and O–H groups in total. The Morgan fingerprint density at radius 3 is 2.00 bits per heavy atom. The van der Waals surface area contributed by atoms with E-state index in [0.717, 1.165) is 6.42 Å². The lowest BCUT2D eigenvalue weighted by atomic mass is 9.70. The van der Waals surface area contributed by atoms with Crippen LogP contribution in [0.15, 0.2) is 0 Å². The molecule has 0 aromatic heterocycles. The van der Waals surface area contributed by atoms with Gasteiger partial charge in [-0.3, -0.25) is 9.63 Å². The fraction of sp³-hybridized carbons (Fsp3) is 0.941. The number of hydrogen-bond donors (Lipinski definition) is 0. The molecule has 4 nitrogen and oxygen atoms in total.